The summed E-state index contributed by atoms with van der Waals surface area (Å²) in [4.78, 5) is 12.6. The van der Waals surface area contributed by atoms with Crippen LogP contribution in [0.5, 0.6) is 17.2 Å². The number of methoxy groups -OCH3 is 1. The molecule has 4 aromatic carbocycles. The van der Waals surface area contributed by atoms with Crippen molar-refractivity contribution >= 4 is 5.78 Å². The maximum Gasteiger partial charge on any atom is 0.193 e. The minimum Gasteiger partial charge on any atom is -0.497 e. The Morgan fingerprint density at radius 2 is 0.882 bits per heavy atom. The van der Waals surface area contributed by atoms with Gasteiger partial charge in [0, 0.05) is 11.1 Å². The number of benzene rings is 4. The summed E-state index contributed by atoms with van der Waals surface area (Å²) in [5.74, 6) is 2.12. The van der Waals surface area contributed by atoms with E-state index in [-0.39, 0.29) is 5.78 Å². The third-order valence-corrected chi connectivity index (χ3v) is 4.94. The standard InChI is InChI=1S/C27H22O3.2C2H6/c1-19-3-5-20(6-4-19)21-7-15-25(16-8-21)30-26-17-11-23(12-18-26)27(28)22-9-13-24(29-2)14-10-22;2*1-2/h3-18H,1-2H3;2*1-2H3. The molecule has 0 radical (unpaired) electrons. The fourth-order valence-corrected chi connectivity index (χ4v) is 3.18. The Morgan fingerprint density at radius 1 is 0.529 bits per heavy atom. The minimum atomic E-state index is -0.0355. The first kappa shape index (κ1) is 26.4. The summed E-state index contributed by atoms with van der Waals surface area (Å²) in [6.07, 6.45) is 0. The Kier molecular flexibility index (Phi) is 10.6. The van der Waals surface area contributed by atoms with E-state index in [2.05, 4.69) is 31.2 Å². The second-order valence-electron chi connectivity index (χ2n) is 7.07. The van der Waals surface area contributed by atoms with Crippen LogP contribution in [0.3, 0.4) is 0 Å². The number of carbonyl (C=O) groups excluding carboxylic acids is 1. The number of aryl methyl sites for hydroxylation is 1. The molecule has 3 heteroatoms. The predicted octanol–water partition coefficient (Wildman–Crippen LogP) is 8.75. The molecule has 4 rings (SSSR count). The number of ether oxygens (including phenoxy) is 2. The van der Waals surface area contributed by atoms with Crippen LogP contribution in [-0.4, -0.2) is 12.9 Å². The Balaban J connectivity index is 0.000000970. The van der Waals surface area contributed by atoms with E-state index < -0.39 is 0 Å². The average Bonchev–Trinajstić information content (AvgIpc) is 2.92. The van der Waals surface area contributed by atoms with E-state index in [0.29, 0.717) is 16.9 Å². The van der Waals surface area contributed by atoms with Crippen LogP contribution in [0.1, 0.15) is 49.2 Å². The lowest BCUT2D eigenvalue weighted by atomic mass is 10.0. The minimum absolute atomic E-state index is 0.0355. The summed E-state index contributed by atoms with van der Waals surface area (Å²) < 4.78 is 11.1. The summed E-state index contributed by atoms with van der Waals surface area (Å²) in [5.41, 5.74) is 4.79. The molecule has 0 aliphatic rings. The van der Waals surface area contributed by atoms with Crippen molar-refractivity contribution in [3.8, 4) is 28.4 Å². The highest BCUT2D eigenvalue weighted by molar-refractivity contribution is 6.09. The van der Waals surface area contributed by atoms with Gasteiger partial charge in [0.2, 0.25) is 0 Å². The molecule has 3 nitrogen and oxygen atoms in total. The first-order valence-corrected chi connectivity index (χ1v) is 11.8. The van der Waals surface area contributed by atoms with Gasteiger partial charge in [-0.05, 0) is 78.7 Å². The van der Waals surface area contributed by atoms with Gasteiger partial charge in [-0.25, -0.2) is 0 Å². The molecule has 0 atom stereocenters. The number of rotatable bonds is 6. The van der Waals surface area contributed by atoms with Crippen molar-refractivity contribution in [2.24, 2.45) is 0 Å². The van der Waals surface area contributed by atoms with Crippen LogP contribution in [0.15, 0.2) is 97.1 Å². The van der Waals surface area contributed by atoms with Crippen LogP contribution >= 0.6 is 0 Å². The van der Waals surface area contributed by atoms with E-state index in [9.17, 15) is 4.79 Å². The molecule has 0 heterocycles. The van der Waals surface area contributed by atoms with Gasteiger partial charge in [-0.15, -0.1) is 0 Å². The molecule has 0 aromatic heterocycles. The molecule has 176 valence electrons. The Hall–Kier alpha value is -3.85. The van der Waals surface area contributed by atoms with Crippen LogP contribution < -0.4 is 9.47 Å². The molecule has 0 saturated carbocycles. The number of hydrogen-bond acceptors (Lipinski definition) is 3. The second kappa shape index (κ2) is 13.6. The SMILES string of the molecule is CC.CC.COc1ccc(C(=O)c2ccc(Oc3ccc(-c4ccc(C)cc4)cc3)cc2)cc1. The Labute approximate surface area is 204 Å². The Morgan fingerprint density at radius 3 is 1.29 bits per heavy atom. The molecule has 0 N–H and O–H groups in total. The van der Waals surface area contributed by atoms with E-state index in [1.807, 2.05) is 64.1 Å². The van der Waals surface area contributed by atoms with Gasteiger partial charge >= 0.3 is 0 Å². The van der Waals surface area contributed by atoms with Gasteiger partial charge in [-0.3, -0.25) is 4.79 Å². The number of ketones is 1. The van der Waals surface area contributed by atoms with E-state index in [0.717, 1.165) is 17.1 Å². The van der Waals surface area contributed by atoms with E-state index in [4.69, 9.17) is 9.47 Å². The van der Waals surface area contributed by atoms with Crippen molar-refractivity contribution < 1.29 is 14.3 Å². The third kappa shape index (κ3) is 7.08. The number of carbonyl (C=O) groups is 1. The van der Waals surface area contributed by atoms with Crippen molar-refractivity contribution in [3.63, 3.8) is 0 Å². The largest absolute Gasteiger partial charge is 0.497 e. The van der Waals surface area contributed by atoms with Crippen LogP contribution in [0.25, 0.3) is 11.1 Å². The maximum atomic E-state index is 12.6. The monoisotopic (exact) mass is 454 g/mol. The lowest BCUT2D eigenvalue weighted by Crippen LogP contribution is -2.01. The lowest BCUT2D eigenvalue weighted by Gasteiger charge is -2.08. The summed E-state index contributed by atoms with van der Waals surface area (Å²) in [7, 11) is 1.60. The smallest absolute Gasteiger partial charge is 0.193 e. The molecule has 0 aliphatic carbocycles. The van der Waals surface area contributed by atoms with Gasteiger partial charge in [0.05, 0.1) is 7.11 Å². The van der Waals surface area contributed by atoms with E-state index in [1.54, 1.807) is 43.5 Å². The zero-order valence-corrected chi connectivity index (χ0v) is 21.0. The van der Waals surface area contributed by atoms with Gasteiger partial charge in [0.25, 0.3) is 0 Å². The molecule has 0 saturated heterocycles. The van der Waals surface area contributed by atoms with Gasteiger partial charge in [0.1, 0.15) is 17.2 Å². The van der Waals surface area contributed by atoms with Crippen LogP contribution in [0.4, 0.5) is 0 Å². The summed E-state index contributed by atoms with van der Waals surface area (Å²) in [5, 5.41) is 0. The van der Waals surface area contributed by atoms with Gasteiger partial charge in [-0.2, -0.15) is 0 Å². The van der Waals surface area contributed by atoms with Crippen LogP contribution in [0.2, 0.25) is 0 Å². The molecule has 0 fully saturated rings. The zero-order chi connectivity index (χ0) is 24.9. The normalized spacial score (nSPS) is 9.59. The van der Waals surface area contributed by atoms with Crippen molar-refractivity contribution in [2.75, 3.05) is 7.11 Å². The van der Waals surface area contributed by atoms with Crippen molar-refractivity contribution in [3.05, 3.63) is 114 Å². The van der Waals surface area contributed by atoms with Crippen molar-refractivity contribution in [1.29, 1.82) is 0 Å². The van der Waals surface area contributed by atoms with E-state index in [1.165, 1.54) is 11.1 Å². The van der Waals surface area contributed by atoms with E-state index >= 15 is 0 Å². The molecule has 0 amide bonds. The van der Waals surface area contributed by atoms with Gasteiger partial charge in [-0.1, -0.05) is 69.7 Å². The topological polar surface area (TPSA) is 35.5 Å². The first-order valence-electron chi connectivity index (χ1n) is 11.8. The highest BCUT2D eigenvalue weighted by Crippen LogP contribution is 2.26. The molecule has 0 aliphatic heterocycles. The fraction of sp³-hybridized carbons (Fsp3) is 0.194. The average molecular weight is 455 g/mol. The number of hydrogen-bond donors (Lipinski definition) is 0. The summed E-state index contributed by atoms with van der Waals surface area (Å²) >= 11 is 0. The molecular weight excluding hydrogens is 420 g/mol. The molecule has 0 bridgehead atoms. The van der Waals surface area contributed by atoms with Crippen LogP contribution in [0, 0.1) is 6.92 Å². The molecule has 4 aromatic rings. The molecular formula is C31H34O3. The highest BCUT2D eigenvalue weighted by atomic mass is 16.5. The quantitative estimate of drug-likeness (QED) is 0.273. The fourth-order valence-electron chi connectivity index (χ4n) is 3.18. The Bertz CT molecular complexity index is 1130. The molecule has 0 unspecified atom stereocenters. The van der Waals surface area contributed by atoms with Crippen LogP contribution in [-0.2, 0) is 0 Å². The lowest BCUT2D eigenvalue weighted by molar-refractivity contribution is 0.103. The third-order valence-electron chi connectivity index (χ3n) is 4.94. The zero-order valence-electron chi connectivity index (χ0n) is 21.0. The van der Waals surface area contributed by atoms with Gasteiger partial charge in [0.15, 0.2) is 5.78 Å². The second-order valence-corrected chi connectivity index (χ2v) is 7.07. The summed E-state index contributed by atoms with van der Waals surface area (Å²) in [6, 6.07) is 30.7. The van der Waals surface area contributed by atoms with Crippen molar-refractivity contribution in [1.82, 2.24) is 0 Å². The highest BCUT2D eigenvalue weighted by Gasteiger charge is 2.09. The molecule has 34 heavy (non-hydrogen) atoms. The van der Waals surface area contributed by atoms with Crippen molar-refractivity contribution in [2.45, 2.75) is 34.6 Å². The summed E-state index contributed by atoms with van der Waals surface area (Å²) in [6.45, 7) is 10.1. The molecule has 0 spiro atoms. The maximum absolute atomic E-state index is 12.6. The predicted molar refractivity (Wildman–Crippen MR) is 142 cm³/mol. The first-order chi connectivity index (χ1) is 16.6. The van der Waals surface area contributed by atoms with Gasteiger partial charge < -0.3 is 9.47 Å².